The van der Waals surface area contributed by atoms with Gasteiger partial charge in [0.2, 0.25) is 0 Å². The summed E-state index contributed by atoms with van der Waals surface area (Å²) in [4.78, 5) is 0. The molecule has 9 aromatic carbocycles. The molecule has 0 N–H and O–H groups in total. The number of hydrogen-bond donors (Lipinski definition) is 0. The van der Waals surface area contributed by atoms with Crippen LogP contribution in [0.5, 0.6) is 0 Å². The van der Waals surface area contributed by atoms with Crippen LogP contribution in [0.1, 0.15) is 0 Å². The Morgan fingerprint density at radius 3 is 1.39 bits per heavy atom. The van der Waals surface area contributed by atoms with Crippen LogP contribution in [-0.4, -0.2) is 0 Å². The van der Waals surface area contributed by atoms with Crippen LogP contribution in [0.25, 0.3) is 97.0 Å². The largest absolute Gasteiger partial charge is 0.135 e. The van der Waals surface area contributed by atoms with Gasteiger partial charge in [-0.15, -0.1) is 11.3 Å². The molecule has 228 valence electrons. The number of thiophene rings is 1. The first-order valence-electron chi connectivity index (χ1n) is 16.8. The van der Waals surface area contributed by atoms with Crippen molar-refractivity contribution >= 4 is 63.8 Å². The minimum Gasteiger partial charge on any atom is -0.135 e. The van der Waals surface area contributed by atoms with E-state index in [1.54, 1.807) is 0 Å². The Morgan fingerprint density at radius 1 is 0.286 bits per heavy atom. The highest BCUT2D eigenvalue weighted by Gasteiger charge is 2.18. The van der Waals surface area contributed by atoms with E-state index in [2.05, 4.69) is 182 Å². The summed E-state index contributed by atoms with van der Waals surface area (Å²) in [6.45, 7) is 0. The van der Waals surface area contributed by atoms with Gasteiger partial charge in [-0.25, -0.2) is 0 Å². The Labute approximate surface area is 289 Å². The molecule has 0 saturated heterocycles. The first-order valence-corrected chi connectivity index (χ1v) is 17.7. The molecule has 0 fully saturated rings. The van der Waals surface area contributed by atoms with Crippen LogP contribution in [0.2, 0.25) is 0 Å². The lowest BCUT2D eigenvalue weighted by molar-refractivity contribution is 1.61. The van der Waals surface area contributed by atoms with Gasteiger partial charge < -0.3 is 0 Å². The van der Waals surface area contributed by atoms with Gasteiger partial charge in [-0.05, 0) is 82.9 Å². The summed E-state index contributed by atoms with van der Waals surface area (Å²) in [6.07, 6.45) is 0. The first kappa shape index (κ1) is 28.0. The minimum absolute atomic E-state index is 1.23. The second kappa shape index (κ2) is 11.3. The third-order valence-corrected chi connectivity index (χ3v) is 11.3. The summed E-state index contributed by atoms with van der Waals surface area (Å²) in [5.41, 5.74) is 10.0. The quantitative estimate of drug-likeness (QED) is 0.168. The van der Waals surface area contributed by atoms with Crippen LogP contribution in [0.3, 0.4) is 0 Å². The van der Waals surface area contributed by atoms with Gasteiger partial charge in [0.05, 0.1) is 0 Å². The molecule has 0 atom stereocenters. The first-order chi connectivity index (χ1) is 24.3. The lowest BCUT2D eigenvalue weighted by Crippen LogP contribution is -1.91. The van der Waals surface area contributed by atoms with E-state index in [0.29, 0.717) is 0 Å². The van der Waals surface area contributed by atoms with Gasteiger partial charge in [-0.3, -0.25) is 0 Å². The van der Waals surface area contributed by atoms with Gasteiger partial charge in [0, 0.05) is 20.2 Å². The van der Waals surface area contributed by atoms with Crippen molar-refractivity contribution in [1.29, 1.82) is 0 Å². The Hall–Kier alpha value is -6.02. The maximum Gasteiger partial charge on any atom is 0.0434 e. The van der Waals surface area contributed by atoms with Crippen LogP contribution < -0.4 is 0 Å². The van der Waals surface area contributed by atoms with Crippen molar-refractivity contribution in [1.82, 2.24) is 0 Å². The highest BCUT2D eigenvalue weighted by Crippen LogP contribution is 2.46. The summed E-state index contributed by atoms with van der Waals surface area (Å²) < 4.78 is 2.70. The van der Waals surface area contributed by atoms with Crippen LogP contribution >= 0.6 is 11.3 Å². The molecule has 0 spiro atoms. The molecule has 0 unspecified atom stereocenters. The molecule has 1 heterocycles. The van der Waals surface area contributed by atoms with Crippen molar-refractivity contribution in [3.8, 4) is 44.5 Å². The summed E-state index contributed by atoms with van der Waals surface area (Å²) in [6, 6.07) is 66.8. The average Bonchev–Trinajstić information content (AvgIpc) is 3.57. The zero-order chi connectivity index (χ0) is 32.3. The number of hydrogen-bond acceptors (Lipinski definition) is 1. The highest BCUT2D eigenvalue weighted by molar-refractivity contribution is 7.26. The van der Waals surface area contributed by atoms with Crippen molar-refractivity contribution < 1.29 is 0 Å². The molecule has 1 heteroatoms. The van der Waals surface area contributed by atoms with E-state index in [1.807, 2.05) is 11.3 Å². The standard InChI is InChI=1S/C48H30S/c1-2-11-31(12-3-1)32-21-25-35(26-22-32)45-39-15-6-8-17-41(39)46(42-18-9-7-16-40(42)45)36-27-23-34(24-28-36)37-19-10-20-44-47(37)43-30-29-33-13-4-5-14-38(33)48(43)49-44/h1-30H. The topological polar surface area (TPSA) is 0 Å². The molecule has 0 aliphatic rings. The lowest BCUT2D eigenvalue weighted by atomic mass is 9.85. The lowest BCUT2D eigenvalue weighted by Gasteiger charge is -2.18. The van der Waals surface area contributed by atoms with Gasteiger partial charge in [-0.1, -0.05) is 176 Å². The van der Waals surface area contributed by atoms with Gasteiger partial charge >= 0.3 is 0 Å². The fraction of sp³-hybridized carbons (Fsp3) is 0. The summed E-state index contributed by atoms with van der Waals surface area (Å²) in [5, 5.41) is 10.4. The maximum absolute atomic E-state index is 2.32. The molecule has 0 aliphatic carbocycles. The summed E-state index contributed by atoms with van der Waals surface area (Å²) >= 11 is 1.90. The second-order valence-electron chi connectivity index (χ2n) is 12.8. The van der Waals surface area contributed by atoms with Crippen molar-refractivity contribution in [2.75, 3.05) is 0 Å². The van der Waals surface area contributed by atoms with Gasteiger partial charge in [0.1, 0.15) is 0 Å². The van der Waals surface area contributed by atoms with Crippen molar-refractivity contribution in [3.05, 3.63) is 182 Å². The number of rotatable bonds is 4. The van der Waals surface area contributed by atoms with E-state index in [9.17, 15) is 0 Å². The minimum atomic E-state index is 1.23. The van der Waals surface area contributed by atoms with Crippen LogP contribution in [0.4, 0.5) is 0 Å². The fourth-order valence-corrected chi connectivity index (χ4v) is 9.09. The van der Waals surface area contributed by atoms with Crippen LogP contribution in [0.15, 0.2) is 182 Å². The molecule has 0 amide bonds. The van der Waals surface area contributed by atoms with E-state index in [-0.39, 0.29) is 0 Å². The predicted molar refractivity (Wildman–Crippen MR) is 214 cm³/mol. The second-order valence-corrected chi connectivity index (χ2v) is 13.9. The Morgan fingerprint density at radius 2 is 0.776 bits per heavy atom. The van der Waals surface area contributed by atoms with E-state index in [4.69, 9.17) is 0 Å². The Balaban J connectivity index is 1.13. The third-order valence-electron chi connectivity index (χ3n) is 10.1. The number of fused-ring (bicyclic) bond motifs is 7. The molecular formula is C48H30S. The molecule has 10 rings (SSSR count). The predicted octanol–water partition coefficient (Wildman–Crippen LogP) is 14.2. The average molecular weight is 639 g/mol. The summed E-state index contributed by atoms with van der Waals surface area (Å²) in [7, 11) is 0. The van der Waals surface area contributed by atoms with E-state index < -0.39 is 0 Å². The monoisotopic (exact) mass is 638 g/mol. The van der Waals surface area contributed by atoms with Gasteiger partial charge in [-0.2, -0.15) is 0 Å². The molecule has 10 aromatic rings. The molecule has 1 aromatic heterocycles. The molecular weight excluding hydrogens is 609 g/mol. The van der Waals surface area contributed by atoms with Crippen LogP contribution in [0, 0.1) is 0 Å². The zero-order valence-electron chi connectivity index (χ0n) is 26.7. The summed E-state index contributed by atoms with van der Waals surface area (Å²) in [5.74, 6) is 0. The normalized spacial score (nSPS) is 11.7. The fourth-order valence-electron chi connectivity index (χ4n) is 7.82. The van der Waals surface area contributed by atoms with E-state index >= 15 is 0 Å². The molecule has 49 heavy (non-hydrogen) atoms. The van der Waals surface area contributed by atoms with E-state index in [1.165, 1.54) is 97.0 Å². The molecule has 0 nitrogen and oxygen atoms in total. The zero-order valence-corrected chi connectivity index (χ0v) is 27.5. The van der Waals surface area contributed by atoms with Crippen molar-refractivity contribution in [2.24, 2.45) is 0 Å². The smallest absolute Gasteiger partial charge is 0.0434 e. The molecule has 0 saturated carbocycles. The van der Waals surface area contributed by atoms with Crippen molar-refractivity contribution in [3.63, 3.8) is 0 Å². The maximum atomic E-state index is 2.32. The SMILES string of the molecule is c1ccc(-c2ccc(-c3c4ccccc4c(-c4ccc(-c5cccc6sc7c8ccccc8ccc7c56)cc4)c4ccccc34)cc2)cc1. The Bertz CT molecular complexity index is 2780. The molecule has 0 aliphatic heterocycles. The van der Waals surface area contributed by atoms with Gasteiger partial charge in [0.15, 0.2) is 0 Å². The molecule has 0 bridgehead atoms. The van der Waals surface area contributed by atoms with E-state index in [0.717, 1.165) is 0 Å². The third kappa shape index (κ3) is 4.51. The Kier molecular flexibility index (Phi) is 6.47. The molecule has 0 radical (unpaired) electrons. The highest BCUT2D eigenvalue weighted by atomic mass is 32.1. The van der Waals surface area contributed by atoms with Crippen molar-refractivity contribution in [2.45, 2.75) is 0 Å². The number of benzene rings is 9. The van der Waals surface area contributed by atoms with Gasteiger partial charge in [0.25, 0.3) is 0 Å². The van der Waals surface area contributed by atoms with Crippen LogP contribution in [-0.2, 0) is 0 Å².